The van der Waals surface area contributed by atoms with Crippen molar-refractivity contribution in [1.82, 2.24) is 10.3 Å². The molecule has 0 aliphatic rings. The molecule has 0 aliphatic heterocycles. The van der Waals surface area contributed by atoms with E-state index in [0.717, 1.165) is 12.1 Å². The topological polar surface area (TPSA) is 24.9 Å². The largest absolute Gasteiger partial charge is 0.313 e. The molecule has 3 heteroatoms. The summed E-state index contributed by atoms with van der Waals surface area (Å²) in [6.45, 7) is 2.01. The number of nitrogens with one attached hydrogen (secondary N) is 1. The molecule has 0 spiro atoms. The smallest absolute Gasteiger partial charge is 0.0381 e. The minimum Gasteiger partial charge on any atom is -0.313 e. The highest BCUT2D eigenvalue weighted by atomic mass is 32.1. The van der Waals surface area contributed by atoms with Gasteiger partial charge in [0.15, 0.2) is 0 Å². The van der Waals surface area contributed by atoms with E-state index in [1.807, 2.05) is 20.2 Å². The van der Waals surface area contributed by atoms with Gasteiger partial charge in [0.05, 0.1) is 0 Å². The van der Waals surface area contributed by atoms with Crippen molar-refractivity contribution in [3.63, 3.8) is 0 Å². The fourth-order valence-corrected chi connectivity index (χ4v) is 2.45. The molecule has 1 unspecified atom stereocenters. The van der Waals surface area contributed by atoms with Crippen LogP contribution in [0.3, 0.4) is 0 Å². The fourth-order valence-electron chi connectivity index (χ4n) is 1.70. The average Bonchev–Trinajstić information content (AvgIpc) is 2.80. The Morgan fingerprint density at radius 2 is 2.25 bits per heavy atom. The van der Waals surface area contributed by atoms with Gasteiger partial charge in [-0.1, -0.05) is 12.1 Å². The third-order valence-corrected chi connectivity index (χ3v) is 3.57. The van der Waals surface area contributed by atoms with Crippen LogP contribution in [0.5, 0.6) is 0 Å². The normalized spacial score (nSPS) is 12.6. The molecule has 2 aromatic rings. The Morgan fingerprint density at radius 3 is 2.81 bits per heavy atom. The summed E-state index contributed by atoms with van der Waals surface area (Å²) < 4.78 is 0. The summed E-state index contributed by atoms with van der Waals surface area (Å²) in [4.78, 5) is 5.74. The Labute approximate surface area is 100 Å². The average molecular weight is 232 g/mol. The lowest BCUT2D eigenvalue weighted by Crippen LogP contribution is -2.18. The Balaban J connectivity index is 2.13. The first-order valence-electron chi connectivity index (χ1n) is 5.42. The molecule has 0 amide bonds. The van der Waals surface area contributed by atoms with Crippen molar-refractivity contribution in [2.75, 3.05) is 7.05 Å². The van der Waals surface area contributed by atoms with Gasteiger partial charge in [-0.2, -0.15) is 0 Å². The molecular weight excluding hydrogens is 216 g/mol. The molecule has 0 fully saturated rings. The SMILES string of the molecule is CNC(Cc1cccs1)c1ccc(C)nc1. The van der Waals surface area contributed by atoms with Gasteiger partial charge in [-0.3, -0.25) is 4.98 Å². The van der Waals surface area contributed by atoms with E-state index in [1.54, 1.807) is 11.3 Å². The molecule has 0 bridgehead atoms. The Morgan fingerprint density at radius 1 is 1.38 bits per heavy atom. The van der Waals surface area contributed by atoms with Crippen molar-refractivity contribution in [3.8, 4) is 0 Å². The zero-order valence-corrected chi connectivity index (χ0v) is 10.4. The van der Waals surface area contributed by atoms with Crippen molar-refractivity contribution >= 4 is 11.3 Å². The van der Waals surface area contributed by atoms with E-state index in [0.29, 0.717) is 6.04 Å². The van der Waals surface area contributed by atoms with Gasteiger partial charge in [-0.15, -0.1) is 11.3 Å². The molecule has 84 valence electrons. The predicted octanol–water partition coefficient (Wildman–Crippen LogP) is 2.95. The summed E-state index contributed by atoms with van der Waals surface area (Å²) in [5.74, 6) is 0. The lowest BCUT2D eigenvalue weighted by Gasteiger charge is -2.15. The lowest BCUT2D eigenvalue weighted by atomic mass is 10.0. The van der Waals surface area contributed by atoms with Gasteiger partial charge in [-0.25, -0.2) is 0 Å². The van der Waals surface area contributed by atoms with Crippen LogP contribution in [0.1, 0.15) is 22.2 Å². The fraction of sp³-hybridized carbons (Fsp3) is 0.308. The molecule has 0 aromatic carbocycles. The van der Waals surface area contributed by atoms with Crippen LogP contribution < -0.4 is 5.32 Å². The van der Waals surface area contributed by atoms with Crippen LogP contribution >= 0.6 is 11.3 Å². The zero-order valence-electron chi connectivity index (χ0n) is 9.60. The molecule has 2 heterocycles. The highest BCUT2D eigenvalue weighted by molar-refractivity contribution is 7.09. The number of hydrogen-bond donors (Lipinski definition) is 1. The quantitative estimate of drug-likeness (QED) is 0.876. The van der Waals surface area contributed by atoms with Crippen LogP contribution in [0, 0.1) is 6.92 Å². The van der Waals surface area contributed by atoms with Gasteiger partial charge in [0.2, 0.25) is 0 Å². The molecule has 0 radical (unpaired) electrons. The second-order valence-electron chi connectivity index (χ2n) is 3.86. The van der Waals surface area contributed by atoms with Gasteiger partial charge in [0, 0.05) is 29.2 Å². The highest BCUT2D eigenvalue weighted by Crippen LogP contribution is 2.20. The first-order valence-corrected chi connectivity index (χ1v) is 6.30. The second-order valence-corrected chi connectivity index (χ2v) is 4.89. The van der Waals surface area contributed by atoms with E-state index in [-0.39, 0.29) is 0 Å². The molecule has 0 aliphatic carbocycles. The van der Waals surface area contributed by atoms with Crippen LogP contribution in [0.25, 0.3) is 0 Å². The first kappa shape index (κ1) is 11.3. The standard InChI is InChI=1S/C13H16N2S/c1-10-5-6-11(9-15-10)13(14-2)8-12-4-3-7-16-12/h3-7,9,13-14H,8H2,1-2H3. The van der Waals surface area contributed by atoms with Crippen molar-refractivity contribution in [3.05, 3.63) is 52.0 Å². The Kier molecular flexibility index (Phi) is 3.70. The Hall–Kier alpha value is -1.19. The van der Waals surface area contributed by atoms with Crippen LogP contribution in [-0.2, 0) is 6.42 Å². The van der Waals surface area contributed by atoms with Gasteiger partial charge in [0.25, 0.3) is 0 Å². The van der Waals surface area contributed by atoms with Crippen molar-refractivity contribution in [2.45, 2.75) is 19.4 Å². The number of rotatable bonds is 4. The summed E-state index contributed by atoms with van der Waals surface area (Å²) in [5, 5.41) is 5.46. The summed E-state index contributed by atoms with van der Waals surface area (Å²) in [6, 6.07) is 8.84. The monoisotopic (exact) mass is 232 g/mol. The summed E-state index contributed by atoms with van der Waals surface area (Å²) >= 11 is 1.80. The number of hydrogen-bond acceptors (Lipinski definition) is 3. The predicted molar refractivity (Wildman–Crippen MR) is 68.8 cm³/mol. The summed E-state index contributed by atoms with van der Waals surface area (Å²) in [6.07, 6.45) is 2.99. The number of pyridine rings is 1. The molecule has 1 atom stereocenters. The number of thiophene rings is 1. The van der Waals surface area contributed by atoms with E-state index in [2.05, 4.69) is 39.9 Å². The molecule has 2 rings (SSSR count). The van der Waals surface area contributed by atoms with Crippen LogP contribution in [0.15, 0.2) is 35.8 Å². The van der Waals surface area contributed by atoms with Crippen LogP contribution in [0.2, 0.25) is 0 Å². The van der Waals surface area contributed by atoms with Crippen LogP contribution in [0.4, 0.5) is 0 Å². The molecule has 0 saturated heterocycles. The minimum absolute atomic E-state index is 0.353. The summed E-state index contributed by atoms with van der Waals surface area (Å²) in [5.41, 5.74) is 2.32. The van der Waals surface area contributed by atoms with Gasteiger partial charge in [-0.05, 0) is 37.0 Å². The van der Waals surface area contributed by atoms with Gasteiger partial charge in [0.1, 0.15) is 0 Å². The maximum absolute atomic E-state index is 4.34. The van der Waals surface area contributed by atoms with E-state index in [1.165, 1.54) is 10.4 Å². The maximum Gasteiger partial charge on any atom is 0.0381 e. The Bertz CT molecular complexity index is 420. The first-order chi connectivity index (χ1) is 7.79. The summed E-state index contributed by atoms with van der Waals surface area (Å²) in [7, 11) is 2.00. The number of aromatic nitrogens is 1. The number of nitrogens with zero attached hydrogens (tertiary/aromatic N) is 1. The highest BCUT2D eigenvalue weighted by Gasteiger charge is 2.10. The van der Waals surface area contributed by atoms with E-state index < -0.39 is 0 Å². The molecule has 2 aromatic heterocycles. The third-order valence-electron chi connectivity index (χ3n) is 2.67. The van der Waals surface area contributed by atoms with E-state index in [4.69, 9.17) is 0 Å². The number of aryl methyl sites for hydroxylation is 1. The van der Waals surface area contributed by atoms with Gasteiger partial charge >= 0.3 is 0 Å². The second kappa shape index (κ2) is 5.23. The molecule has 0 saturated carbocycles. The zero-order chi connectivity index (χ0) is 11.4. The van der Waals surface area contributed by atoms with Crippen molar-refractivity contribution < 1.29 is 0 Å². The number of likely N-dealkylation sites (N-methyl/N-ethyl adjacent to an activating group) is 1. The van der Waals surface area contributed by atoms with E-state index >= 15 is 0 Å². The molecule has 1 N–H and O–H groups in total. The third kappa shape index (κ3) is 2.68. The van der Waals surface area contributed by atoms with Crippen molar-refractivity contribution in [1.29, 1.82) is 0 Å². The molecular formula is C13H16N2S. The maximum atomic E-state index is 4.34. The van der Waals surface area contributed by atoms with E-state index in [9.17, 15) is 0 Å². The lowest BCUT2D eigenvalue weighted by molar-refractivity contribution is 0.594. The van der Waals surface area contributed by atoms with Crippen molar-refractivity contribution in [2.24, 2.45) is 0 Å². The van der Waals surface area contributed by atoms with Gasteiger partial charge < -0.3 is 5.32 Å². The minimum atomic E-state index is 0.353. The molecule has 2 nitrogen and oxygen atoms in total. The van der Waals surface area contributed by atoms with Crippen LogP contribution in [-0.4, -0.2) is 12.0 Å². The molecule has 16 heavy (non-hydrogen) atoms.